The van der Waals surface area contributed by atoms with E-state index in [1.165, 1.54) is 0 Å². The number of pyridine rings is 1. The molecule has 0 N–H and O–H groups in total. The summed E-state index contributed by atoms with van der Waals surface area (Å²) in [7, 11) is 1.65. The number of nitrogens with zero attached hydrogens (tertiary/aromatic N) is 3. The topological polar surface area (TPSA) is 62.7 Å². The van der Waals surface area contributed by atoms with Crippen molar-refractivity contribution in [2.75, 3.05) is 26.7 Å². The van der Waals surface area contributed by atoms with Gasteiger partial charge < -0.3 is 14.5 Å². The number of carbonyl (C=O) groups excluding carboxylic acids is 2. The molecule has 2 saturated heterocycles. The number of methoxy groups -OCH3 is 1. The summed E-state index contributed by atoms with van der Waals surface area (Å²) in [4.78, 5) is 33.1. The molecule has 1 aromatic carbocycles. The molecule has 2 fully saturated rings. The molecule has 2 aliphatic heterocycles. The first-order chi connectivity index (χ1) is 13.6. The van der Waals surface area contributed by atoms with Crippen molar-refractivity contribution < 1.29 is 14.3 Å². The Morgan fingerprint density at radius 3 is 2.64 bits per heavy atom. The van der Waals surface area contributed by atoms with Crippen molar-refractivity contribution in [3.63, 3.8) is 0 Å². The van der Waals surface area contributed by atoms with Crippen LogP contribution < -0.4 is 4.74 Å². The van der Waals surface area contributed by atoms with Crippen LogP contribution >= 0.6 is 0 Å². The molecule has 28 heavy (non-hydrogen) atoms. The summed E-state index contributed by atoms with van der Waals surface area (Å²) < 4.78 is 5.28. The number of likely N-dealkylation sites (tertiary alicyclic amines) is 2. The maximum atomic E-state index is 12.7. The predicted octanol–water partition coefficient (Wildman–Crippen LogP) is 2.75. The van der Waals surface area contributed by atoms with Crippen molar-refractivity contribution in [2.24, 2.45) is 5.41 Å². The molecule has 0 saturated carbocycles. The monoisotopic (exact) mass is 379 g/mol. The number of carbonyl (C=O) groups is 2. The maximum absolute atomic E-state index is 12.7. The number of hydrogen-bond acceptors (Lipinski definition) is 4. The molecule has 2 aromatic rings. The highest BCUT2D eigenvalue weighted by molar-refractivity contribution is 5.94. The molecule has 146 valence electrons. The Morgan fingerprint density at radius 2 is 1.93 bits per heavy atom. The van der Waals surface area contributed by atoms with E-state index in [0.29, 0.717) is 31.6 Å². The van der Waals surface area contributed by atoms with Crippen molar-refractivity contribution in [1.82, 2.24) is 14.8 Å². The molecule has 0 atom stereocenters. The number of ether oxygens (including phenoxy) is 1. The molecule has 4 rings (SSSR count). The molecule has 1 aromatic heterocycles. The van der Waals surface area contributed by atoms with Crippen molar-refractivity contribution in [2.45, 2.75) is 25.8 Å². The zero-order valence-corrected chi connectivity index (χ0v) is 16.1. The van der Waals surface area contributed by atoms with Crippen LogP contribution in [0.1, 0.15) is 35.2 Å². The fourth-order valence-electron chi connectivity index (χ4n) is 4.31. The summed E-state index contributed by atoms with van der Waals surface area (Å²) in [6, 6.07) is 11.4. The van der Waals surface area contributed by atoms with Crippen LogP contribution in [0.15, 0.2) is 48.8 Å². The highest BCUT2D eigenvalue weighted by Crippen LogP contribution is 2.41. The summed E-state index contributed by atoms with van der Waals surface area (Å²) in [5.41, 5.74) is 1.74. The lowest BCUT2D eigenvalue weighted by Gasteiger charge is -2.38. The van der Waals surface area contributed by atoms with Gasteiger partial charge in [0.2, 0.25) is 5.91 Å². The molecule has 0 radical (unpaired) electrons. The highest BCUT2D eigenvalue weighted by Gasteiger charge is 2.45. The number of piperidine rings is 1. The lowest BCUT2D eigenvalue weighted by molar-refractivity contribution is -0.128. The molecule has 1 spiro atoms. The standard InChI is InChI=1S/C22H25N3O3/c1-28-19-4-2-3-17(13-19)15-25-16-22(14-20(25)26)7-11-24(12-8-22)21(27)18-5-9-23-10-6-18/h2-6,9-10,13H,7-8,11-12,14-16H2,1H3. The Balaban J connectivity index is 1.38. The second-order valence-corrected chi connectivity index (χ2v) is 7.81. The SMILES string of the molecule is COc1cccc(CN2CC3(CCN(C(=O)c4ccncc4)CC3)CC2=O)c1. The van der Waals surface area contributed by atoms with E-state index in [2.05, 4.69) is 4.98 Å². The van der Waals surface area contributed by atoms with Crippen LogP contribution in [0.4, 0.5) is 0 Å². The molecule has 0 aliphatic carbocycles. The molecular weight excluding hydrogens is 354 g/mol. The number of amides is 2. The van der Waals surface area contributed by atoms with E-state index < -0.39 is 0 Å². The van der Waals surface area contributed by atoms with Gasteiger partial charge in [-0.1, -0.05) is 12.1 Å². The van der Waals surface area contributed by atoms with Gasteiger partial charge >= 0.3 is 0 Å². The lowest BCUT2D eigenvalue weighted by atomic mass is 9.77. The minimum Gasteiger partial charge on any atom is -0.497 e. The van der Waals surface area contributed by atoms with Crippen LogP contribution in [0, 0.1) is 5.41 Å². The normalized spacial score (nSPS) is 18.5. The number of rotatable bonds is 4. The van der Waals surface area contributed by atoms with Crippen molar-refractivity contribution >= 4 is 11.8 Å². The van der Waals surface area contributed by atoms with Crippen LogP contribution in [0.2, 0.25) is 0 Å². The smallest absolute Gasteiger partial charge is 0.253 e. The quantitative estimate of drug-likeness (QED) is 0.820. The number of hydrogen-bond donors (Lipinski definition) is 0. The van der Waals surface area contributed by atoms with E-state index in [1.54, 1.807) is 31.6 Å². The van der Waals surface area contributed by atoms with Crippen LogP contribution in [0.3, 0.4) is 0 Å². The summed E-state index contributed by atoms with van der Waals surface area (Å²) in [6.07, 6.45) is 5.60. The molecular formula is C22H25N3O3. The molecule has 0 unspecified atom stereocenters. The average Bonchev–Trinajstić information content (AvgIpc) is 3.03. The summed E-state index contributed by atoms with van der Waals surface area (Å²) in [5.74, 6) is 1.06. The maximum Gasteiger partial charge on any atom is 0.253 e. The van der Waals surface area contributed by atoms with Crippen molar-refractivity contribution in [3.8, 4) is 5.75 Å². The summed E-state index contributed by atoms with van der Waals surface area (Å²) >= 11 is 0. The van der Waals surface area contributed by atoms with Gasteiger partial charge in [-0.15, -0.1) is 0 Å². The highest BCUT2D eigenvalue weighted by atomic mass is 16.5. The Morgan fingerprint density at radius 1 is 1.18 bits per heavy atom. The van der Waals surface area contributed by atoms with Gasteiger partial charge in [-0.25, -0.2) is 0 Å². The first-order valence-corrected chi connectivity index (χ1v) is 9.69. The molecule has 2 aliphatic rings. The molecule has 2 amide bonds. The van der Waals surface area contributed by atoms with Gasteiger partial charge in [0.05, 0.1) is 7.11 Å². The van der Waals surface area contributed by atoms with E-state index in [4.69, 9.17) is 4.74 Å². The molecule has 6 nitrogen and oxygen atoms in total. The lowest BCUT2D eigenvalue weighted by Crippen LogP contribution is -2.44. The third-order valence-corrected chi connectivity index (χ3v) is 5.95. The fourth-order valence-corrected chi connectivity index (χ4v) is 4.31. The van der Waals surface area contributed by atoms with Gasteiger partial charge in [-0.05, 0) is 42.7 Å². The van der Waals surface area contributed by atoms with Crippen molar-refractivity contribution in [3.05, 3.63) is 59.9 Å². The average molecular weight is 379 g/mol. The largest absolute Gasteiger partial charge is 0.497 e. The van der Waals surface area contributed by atoms with Gasteiger partial charge in [0, 0.05) is 56.0 Å². The predicted molar refractivity (Wildman–Crippen MR) is 105 cm³/mol. The van der Waals surface area contributed by atoms with Gasteiger partial charge in [0.1, 0.15) is 5.75 Å². The Labute approximate surface area is 165 Å². The fraction of sp³-hybridized carbons (Fsp3) is 0.409. The Hall–Kier alpha value is -2.89. The third kappa shape index (κ3) is 3.72. The zero-order chi connectivity index (χ0) is 19.6. The van der Waals surface area contributed by atoms with E-state index in [0.717, 1.165) is 30.7 Å². The van der Waals surface area contributed by atoms with E-state index in [9.17, 15) is 9.59 Å². The first kappa shape index (κ1) is 18.5. The molecule has 0 bridgehead atoms. The molecule has 6 heteroatoms. The number of aromatic nitrogens is 1. The van der Waals surface area contributed by atoms with Gasteiger partial charge in [0.25, 0.3) is 5.91 Å². The van der Waals surface area contributed by atoms with Gasteiger partial charge in [0.15, 0.2) is 0 Å². The Bertz CT molecular complexity index is 860. The van der Waals surface area contributed by atoms with Gasteiger partial charge in [-0.3, -0.25) is 14.6 Å². The van der Waals surface area contributed by atoms with E-state index >= 15 is 0 Å². The second-order valence-electron chi connectivity index (χ2n) is 7.81. The van der Waals surface area contributed by atoms with Gasteiger partial charge in [-0.2, -0.15) is 0 Å². The van der Waals surface area contributed by atoms with Crippen LogP contribution in [0.5, 0.6) is 5.75 Å². The third-order valence-electron chi connectivity index (χ3n) is 5.95. The van der Waals surface area contributed by atoms with E-state index in [1.807, 2.05) is 34.1 Å². The number of benzene rings is 1. The summed E-state index contributed by atoms with van der Waals surface area (Å²) in [6.45, 7) is 2.76. The van der Waals surface area contributed by atoms with Crippen LogP contribution in [0.25, 0.3) is 0 Å². The minimum absolute atomic E-state index is 0.00895. The van der Waals surface area contributed by atoms with E-state index in [-0.39, 0.29) is 17.2 Å². The zero-order valence-electron chi connectivity index (χ0n) is 16.1. The second kappa shape index (κ2) is 7.62. The van der Waals surface area contributed by atoms with Crippen molar-refractivity contribution in [1.29, 1.82) is 0 Å². The Kier molecular flexibility index (Phi) is 5.03. The van der Waals surface area contributed by atoms with Crippen LogP contribution in [-0.4, -0.2) is 53.3 Å². The summed E-state index contributed by atoms with van der Waals surface area (Å²) in [5, 5.41) is 0. The van der Waals surface area contributed by atoms with Crippen LogP contribution in [-0.2, 0) is 11.3 Å². The minimum atomic E-state index is -0.00895. The first-order valence-electron chi connectivity index (χ1n) is 9.69. The molecule has 3 heterocycles.